The molecule has 0 aromatic heterocycles. The topological polar surface area (TPSA) is 71.0 Å². The number of nitrogens with one attached hydrogen (secondary N) is 1. The molecule has 0 saturated carbocycles. The maximum Gasteiger partial charge on any atom is 0.387 e. The molecule has 28 heavy (non-hydrogen) atoms. The van der Waals surface area contributed by atoms with Crippen LogP contribution in [0.4, 0.5) is 8.78 Å². The van der Waals surface area contributed by atoms with Gasteiger partial charge in [-0.15, -0.1) is 24.0 Å². The van der Waals surface area contributed by atoms with E-state index in [9.17, 15) is 17.2 Å². The summed E-state index contributed by atoms with van der Waals surface area (Å²) in [5.74, 6) is 0.922. The number of sulfone groups is 1. The molecule has 0 unspecified atom stereocenters. The largest absolute Gasteiger partial charge is 0.435 e. The molecule has 1 rings (SSSR count). The summed E-state index contributed by atoms with van der Waals surface area (Å²) >= 11 is 0. The van der Waals surface area contributed by atoms with Crippen LogP contribution in [-0.2, 0) is 16.4 Å². The minimum Gasteiger partial charge on any atom is -0.435 e. The van der Waals surface area contributed by atoms with Crippen molar-refractivity contribution in [3.8, 4) is 5.75 Å². The highest BCUT2D eigenvalue weighted by atomic mass is 127. The van der Waals surface area contributed by atoms with Crippen molar-refractivity contribution in [1.29, 1.82) is 0 Å². The van der Waals surface area contributed by atoms with Crippen molar-refractivity contribution in [2.75, 3.05) is 32.6 Å². The molecule has 0 spiro atoms. The number of hydrogen-bond donors (Lipinski definition) is 1. The van der Waals surface area contributed by atoms with Gasteiger partial charge >= 0.3 is 6.61 Å². The van der Waals surface area contributed by atoms with Crippen LogP contribution in [0.15, 0.2) is 29.3 Å². The van der Waals surface area contributed by atoms with Gasteiger partial charge < -0.3 is 15.0 Å². The molecule has 1 aromatic rings. The molecule has 0 aliphatic rings. The van der Waals surface area contributed by atoms with Crippen LogP contribution in [0.2, 0.25) is 0 Å². The standard InChI is InChI=1S/C18H29F2N3O3S.HI/c1-18(2,10-11-27(5,24)25)13-22-17(21-3)23(4)12-14-6-8-15(9-7-14)26-16(19)20;/h6-9,16H,10-13H2,1-5H3,(H,21,22);1H. The molecule has 0 aliphatic carbocycles. The Balaban J connectivity index is 0.00000729. The van der Waals surface area contributed by atoms with E-state index < -0.39 is 16.4 Å². The zero-order valence-corrected chi connectivity index (χ0v) is 20.1. The van der Waals surface area contributed by atoms with Gasteiger partial charge in [0.15, 0.2) is 5.96 Å². The first-order valence-corrected chi connectivity index (χ1v) is 10.6. The molecular weight excluding hydrogens is 503 g/mol. The SMILES string of the molecule is CN=C(NCC(C)(C)CCS(C)(=O)=O)N(C)Cc1ccc(OC(F)F)cc1.I. The van der Waals surface area contributed by atoms with E-state index in [-0.39, 0.29) is 40.9 Å². The Morgan fingerprint density at radius 3 is 2.32 bits per heavy atom. The molecule has 1 aromatic carbocycles. The first kappa shape index (κ1) is 26.8. The van der Waals surface area contributed by atoms with Gasteiger partial charge in [-0.2, -0.15) is 8.78 Å². The van der Waals surface area contributed by atoms with Crippen LogP contribution in [0.5, 0.6) is 5.75 Å². The Bertz CT molecular complexity index is 726. The normalized spacial score (nSPS) is 12.5. The van der Waals surface area contributed by atoms with Crippen LogP contribution in [0, 0.1) is 5.41 Å². The Labute approximate surface area is 183 Å². The van der Waals surface area contributed by atoms with Gasteiger partial charge in [-0.3, -0.25) is 4.99 Å². The third kappa shape index (κ3) is 11.0. The molecule has 0 fully saturated rings. The lowest BCUT2D eigenvalue weighted by atomic mass is 9.90. The number of hydrogen-bond acceptors (Lipinski definition) is 4. The minimum atomic E-state index is -3.00. The minimum absolute atomic E-state index is 0. The van der Waals surface area contributed by atoms with E-state index in [0.717, 1.165) is 5.56 Å². The van der Waals surface area contributed by atoms with E-state index in [1.165, 1.54) is 18.4 Å². The highest BCUT2D eigenvalue weighted by Crippen LogP contribution is 2.20. The number of ether oxygens (including phenoxy) is 1. The summed E-state index contributed by atoms with van der Waals surface area (Å²) in [5.41, 5.74) is 0.701. The summed E-state index contributed by atoms with van der Waals surface area (Å²) in [6.07, 6.45) is 1.78. The van der Waals surface area contributed by atoms with Gasteiger partial charge in [-0.05, 0) is 29.5 Å². The van der Waals surface area contributed by atoms with Gasteiger partial charge in [0, 0.05) is 33.4 Å². The second-order valence-corrected chi connectivity index (χ2v) is 9.58. The second-order valence-electron chi connectivity index (χ2n) is 7.32. The van der Waals surface area contributed by atoms with Gasteiger partial charge in [0.1, 0.15) is 15.6 Å². The zero-order valence-electron chi connectivity index (χ0n) is 16.9. The first-order chi connectivity index (χ1) is 12.4. The molecule has 6 nitrogen and oxygen atoms in total. The molecule has 0 saturated heterocycles. The number of alkyl halides is 2. The average Bonchev–Trinajstić information content (AvgIpc) is 2.54. The van der Waals surface area contributed by atoms with Gasteiger partial charge in [-0.25, -0.2) is 8.42 Å². The fraction of sp³-hybridized carbons (Fsp3) is 0.611. The van der Waals surface area contributed by atoms with Crippen molar-refractivity contribution in [3.63, 3.8) is 0 Å². The van der Waals surface area contributed by atoms with Gasteiger partial charge in [0.25, 0.3) is 0 Å². The number of benzene rings is 1. The Kier molecular flexibility index (Phi) is 11.2. The monoisotopic (exact) mass is 533 g/mol. The summed E-state index contributed by atoms with van der Waals surface area (Å²) in [7, 11) is 0.537. The Hall–Kier alpha value is -1.17. The van der Waals surface area contributed by atoms with Crippen LogP contribution in [-0.4, -0.2) is 58.5 Å². The van der Waals surface area contributed by atoms with Crippen LogP contribution in [0.1, 0.15) is 25.8 Å². The van der Waals surface area contributed by atoms with Crippen molar-refractivity contribution < 1.29 is 21.9 Å². The molecule has 0 atom stereocenters. The van der Waals surface area contributed by atoms with Crippen LogP contribution in [0.3, 0.4) is 0 Å². The summed E-state index contributed by atoms with van der Waals surface area (Å²) in [6, 6.07) is 6.44. The van der Waals surface area contributed by atoms with Crippen LogP contribution in [0.25, 0.3) is 0 Å². The maximum absolute atomic E-state index is 12.2. The molecule has 10 heteroatoms. The van der Waals surface area contributed by atoms with Gasteiger partial charge in [-0.1, -0.05) is 26.0 Å². The summed E-state index contributed by atoms with van der Waals surface area (Å²) < 4.78 is 51.5. The number of guanidine groups is 1. The molecule has 1 N–H and O–H groups in total. The van der Waals surface area contributed by atoms with Gasteiger partial charge in [0.05, 0.1) is 5.75 Å². The number of rotatable bonds is 9. The molecule has 0 heterocycles. The molecule has 162 valence electrons. The Morgan fingerprint density at radius 2 is 1.86 bits per heavy atom. The number of aliphatic imine (C=N–C) groups is 1. The smallest absolute Gasteiger partial charge is 0.387 e. The lowest BCUT2D eigenvalue weighted by Gasteiger charge is -2.28. The van der Waals surface area contributed by atoms with Crippen molar-refractivity contribution >= 4 is 39.8 Å². The van der Waals surface area contributed by atoms with E-state index >= 15 is 0 Å². The lowest BCUT2D eigenvalue weighted by molar-refractivity contribution is -0.0498. The average molecular weight is 533 g/mol. The van der Waals surface area contributed by atoms with Crippen LogP contribution >= 0.6 is 24.0 Å². The first-order valence-electron chi connectivity index (χ1n) is 8.55. The molecule has 0 amide bonds. The lowest BCUT2D eigenvalue weighted by Crippen LogP contribution is -2.43. The van der Waals surface area contributed by atoms with Crippen molar-refractivity contribution in [1.82, 2.24) is 10.2 Å². The quantitative estimate of drug-likeness (QED) is 0.300. The van der Waals surface area contributed by atoms with Crippen molar-refractivity contribution in [2.45, 2.75) is 33.4 Å². The van der Waals surface area contributed by atoms with Crippen LogP contribution < -0.4 is 10.1 Å². The van der Waals surface area contributed by atoms with E-state index in [2.05, 4.69) is 15.0 Å². The molecular formula is C18H30F2IN3O3S. The van der Waals surface area contributed by atoms with Crippen molar-refractivity contribution in [2.24, 2.45) is 10.4 Å². The highest BCUT2D eigenvalue weighted by molar-refractivity contribution is 14.0. The highest BCUT2D eigenvalue weighted by Gasteiger charge is 2.21. The summed E-state index contributed by atoms with van der Waals surface area (Å²) in [5, 5.41) is 3.26. The maximum atomic E-state index is 12.2. The number of halogens is 3. The summed E-state index contributed by atoms with van der Waals surface area (Å²) in [6.45, 7) is 2.26. The zero-order chi connectivity index (χ0) is 20.7. The Morgan fingerprint density at radius 1 is 1.29 bits per heavy atom. The molecule has 0 bridgehead atoms. The second kappa shape index (κ2) is 11.7. The van der Waals surface area contributed by atoms with Crippen molar-refractivity contribution in [3.05, 3.63) is 29.8 Å². The predicted octanol–water partition coefficient (Wildman–Crippen LogP) is 3.37. The summed E-state index contributed by atoms with van der Waals surface area (Å²) in [4.78, 5) is 6.14. The van der Waals surface area contributed by atoms with Gasteiger partial charge in [0.2, 0.25) is 0 Å². The third-order valence-corrected chi connectivity index (χ3v) is 4.96. The number of nitrogens with zero attached hydrogens (tertiary/aromatic N) is 2. The molecule has 0 aliphatic heterocycles. The van der Waals surface area contributed by atoms with E-state index in [4.69, 9.17) is 0 Å². The fourth-order valence-corrected chi connectivity index (χ4v) is 3.30. The van der Waals surface area contributed by atoms with E-state index in [0.29, 0.717) is 25.5 Å². The third-order valence-electron chi connectivity index (χ3n) is 4.02. The fourth-order valence-electron chi connectivity index (χ4n) is 2.38. The molecule has 0 radical (unpaired) electrons. The van der Waals surface area contributed by atoms with E-state index in [1.807, 2.05) is 25.8 Å². The predicted molar refractivity (Wildman–Crippen MR) is 119 cm³/mol. The van der Waals surface area contributed by atoms with E-state index in [1.54, 1.807) is 19.2 Å².